The molecule has 0 radical (unpaired) electrons. The van der Waals surface area contributed by atoms with Gasteiger partial charge in [0.1, 0.15) is 13.2 Å². The first-order valence-electron chi connectivity index (χ1n) is 23.7. The van der Waals surface area contributed by atoms with Crippen LogP contribution < -0.4 is 5.32 Å². The Morgan fingerprint density at radius 2 is 0.766 bits per heavy atom. The van der Waals surface area contributed by atoms with E-state index in [2.05, 4.69) is 36.5 Å². The topological polar surface area (TPSA) is 157 Å². The lowest BCUT2D eigenvalue weighted by Gasteiger charge is -2.14. The number of fused-ring (bicyclic) bond motifs is 3. The molecule has 0 unspecified atom stereocenters. The van der Waals surface area contributed by atoms with E-state index in [1.807, 2.05) is 24.3 Å². The largest absolute Gasteiger partial charge is 0.463 e. The molecular weight excluding hydrogens is 827 g/mol. The molecule has 0 bridgehead atoms. The Kier molecular flexibility index (Phi) is 34.5. The van der Waals surface area contributed by atoms with E-state index in [1.54, 1.807) is 0 Å². The van der Waals surface area contributed by atoms with Gasteiger partial charge in [-0.05, 0) is 28.7 Å². The summed E-state index contributed by atoms with van der Waals surface area (Å²) in [5, 5.41) is 2.75. The summed E-state index contributed by atoms with van der Waals surface area (Å²) in [5.74, 6) is -0.108. The predicted molar refractivity (Wildman–Crippen MR) is 244 cm³/mol. The summed E-state index contributed by atoms with van der Waals surface area (Å²) < 4.78 is 65.9. The number of hydrogen-bond donors (Lipinski definition) is 1. The average molecular weight is 906 g/mol. The van der Waals surface area contributed by atoms with Gasteiger partial charge in [-0.2, -0.15) is 0 Å². The molecule has 0 heterocycles. The van der Waals surface area contributed by atoms with Crippen LogP contribution in [0.2, 0.25) is 0 Å². The maximum absolute atomic E-state index is 12.3. The van der Waals surface area contributed by atoms with Crippen molar-refractivity contribution < 1.29 is 66.4 Å². The lowest BCUT2D eigenvalue weighted by Crippen LogP contribution is -2.29. The molecule has 1 aliphatic rings. The molecule has 2 aromatic carbocycles. The number of ether oxygens (including phenoxy) is 12. The van der Waals surface area contributed by atoms with E-state index in [-0.39, 0.29) is 25.1 Å². The molecule has 15 heteroatoms. The van der Waals surface area contributed by atoms with Crippen molar-refractivity contribution in [3.63, 3.8) is 0 Å². The standard InChI is InChI=1S/C49H79NO14/c1-2-3-4-5-6-7-8-9-10-19-48(51)63-41-40-62-39-38-61-37-36-60-35-34-59-33-32-58-31-30-57-29-28-56-27-26-55-25-24-54-23-22-53-21-20-50-49(52)64-42-47-45-17-13-11-15-43(45)44-16-12-14-18-46(44)47/h11-18,47H,2-10,19-42H2,1H3,(H,50,52). The van der Waals surface area contributed by atoms with E-state index in [9.17, 15) is 9.59 Å². The van der Waals surface area contributed by atoms with E-state index >= 15 is 0 Å². The van der Waals surface area contributed by atoms with Crippen LogP contribution >= 0.6 is 0 Å². The quantitative estimate of drug-likeness (QED) is 0.0528. The second-order valence-electron chi connectivity index (χ2n) is 15.2. The first-order chi connectivity index (χ1) is 31.7. The number of nitrogens with one attached hydrogen (secondary N) is 1. The Balaban J connectivity index is 0.916. The molecule has 0 saturated carbocycles. The lowest BCUT2D eigenvalue weighted by molar-refractivity contribution is -0.145. The maximum Gasteiger partial charge on any atom is 0.407 e. The van der Waals surface area contributed by atoms with Gasteiger partial charge in [-0.3, -0.25) is 4.79 Å². The summed E-state index contributed by atoms with van der Waals surface area (Å²) in [6, 6.07) is 16.5. The average Bonchev–Trinajstić information content (AvgIpc) is 3.63. The Morgan fingerprint density at radius 3 is 1.17 bits per heavy atom. The van der Waals surface area contributed by atoms with Gasteiger partial charge in [-0.15, -0.1) is 0 Å². The highest BCUT2D eigenvalue weighted by Gasteiger charge is 2.29. The normalized spacial score (nSPS) is 12.1. The Hall–Kier alpha value is -3.22. The SMILES string of the molecule is CCCCCCCCCCCC(=O)OCCOCCOCCOCCOCCOCCOCCOCCOCCOCCOCCNC(=O)OCC1c2ccccc2-c2ccccc21. The number of amides is 1. The fraction of sp³-hybridized carbons (Fsp3) is 0.714. The molecule has 15 nitrogen and oxygen atoms in total. The van der Waals surface area contributed by atoms with Gasteiger partial charge >= 0.3 is 12.1 Å². The number of esters is 1. The second kappa shape index (κ2) is 40.1. The molecule has 0 spiro atoms. The minimum absolute atomic E-state index is 0.0331. The molecule has 0 aromatic heterocycles. The Labute approximate surface area is 382 Å². The van der Waals surface area contributed by atoms with Gasteiger partial charge in [-0.1, -0.05) is 107 Å². The van der Waals surface area contributed by atoms with E-state index in [0.717, 1.165) is 12.8 Å². The summed E-state index contributed by atoms with van der Waals surface area (Å²) >= 11 is 0. The van der Waals surface area contributed by atoms with Crippen LogP contribution in [0.25, 0.3) is 11.1 Å². The van der Waals surface area contributed by atoms with Crippen LogP contribution in [-0.2, 0) is 61.6 Å². The molecule has 1 aliphatic carbocycles. The van der Waals surface area contributed by atoms with Crippen molar-refractivity contribution >= 4 is 12.1 Å². The fourth-order valence-corrected chi connectivity index (χ4v) is 6.82. The van der Waals surface area contributed by atoms with Gasteiger partial charge in [-0.25, -0.2) is 4.79 Å². The number of benzene rings is 2. The highest BCUT2D eigenvalue weighted by atomic mass is 16.6. The monoisotopic (exact) mass is 906 g/mol. The molecule has 0 saturated heterocycles. The van der Waals surface area contributed by atoms with Crippen LogP contribution in [0, 0.1) is 0 Å². The second-order valence-corrected chi connectivity index (χ2v) is 15.2. The highest BCUT2D eigenvalue weighted by molar-refractivity contribution is 5.79. The fourth-order valence-electron chi connectivity index (χ4n) is 6.82. The maximum atomic E-state index is 12.3. The minimum atomic E-state index is -0.455. The molecule has 64 heavy (non-hydrogen) atoms. The van der Waals surface area contributed by atoms with E-state index in [0.29, 0.717) is 145 Å². The molecule has 3 rings (SSSR count). The molecule has 364 valence electrons. The zero-order chi connectivity index (χ0) is 45.2. The molecular formula is C49H79NO14. The Bertz CT molecular complexity index is 1370. The summed E-state index contributed by atoms with van der Waals surface area (Å²) in [7, 11) is 0. The van der Waals surface area contributed by atoms with E-state index in [1.165, 1.54) is 67.2 Å². The van der Waals surface area contributed by atoms with Crippen molar-refractivity contribution in [2.45, 2.75) is 77.0 Å². The van der Waals surface area contributed by atoms with Crippen LogP contribution in [0.15, 0.2) is 48.5 Å². The van der Waals surface area contributed by atoms with Crippen LogP contribution in [-0.4, -0.2) is 164 Å². The summed E-state index contributed by atoms with van der Waals surface area (Å²) in [6.45, 7) is 12.4. The molecule has 0 atom stereocenters. The first kappa shape index (κ1) is 55.1. The number of carbonyl (C=O) groups is 2. The smallest absolute Gasteiger partial charge is 0.407 e. The van der Waals surface area contributed by atoms with Gasteiger partial charge in [0.05, 0.1) is 132 Å². The molecule has 0 fully saturated rings. The van der Waals surface area contributed by atoms with Gasteiger partial charge in [0.25, 0.3) is 0 Å². The number of carbonyl (C=O) groups excluding carboxylic acids is 2. The summed E-state index contributed by atoms with van der Waals surface area (Å²) in [5.41, 5.74) is 4.76. The first-order valence-corrected chi connectivity index (χ1v) is 23.7. The molecule has 0 aliphatic heterocycles. The van der Waals surface area contributed by atoms with Crippen LogP contribution in [0.4, 0.5) is 4.79 Å². The Morgan fingerprint density at radius 1 is 0.422 bits per heavy atom. The van der Waals surface area contributed by atoms with Gasteiger partial charge < -0.3 is 62.2 Å². The number of hydrogen-bond acceptors (Lipinski definition) is 14. The van der Waals surface area contributed by atoms with Crippen molar-refractivity contribution in [1.29, 1.82) is 0 Å². The zero-order valence-electron chi connectivity index (χ0n) is 38.7. The number of unbranched alkanes of at least 4 members (excludes halogenated alkanes) is 8. The van der Waals surface area contributed by atoms with E-state index < -0.39 is 6.09 Å². The number of alkyl carbamates (subject to hydrolysis) is 1. The zero-order valence-corrected chi connectivity index (χ0v) is 38.7. The van der Waals surface area contributed by atoms with Crippen molar-refractivity contribution in [3.05, 3.63) is 59.7 Å². The molecule has 1 amide bonds. The van der Waals surface area contributed by atoms with Crippen molar-refractivity contribution in [2.75, 3.05) is 152 Å². The molecule has 1 N–H and O–H groups in total. The summed E-state index contributed by atoms with van der Waals surface area (Å²) in [4.78, 5) is 24.1. The van der Waals surface area contributed by atoms with Gasteiger partial charge in [0.15, 0.2) is 0 Å². The van der Waals surface area contributed by atoms with Crippen molar-refractivity contribution in [3.8, 4) is 11.1 Å². The van der Waals surface area contributed by atoms with Crippen molar-refractivity contribution in [2.24, 2.45) is 0 Å². The third kappa shape index (κ3) is 28.0. The number of rotatable bonds is 45. The highest BCUT2D eigenvalue weighted by Crippen LogP contribution is 2.44. The molecule has 2 aromatic rings. The summed E-state index contributed by atoms with van der Waals surface area (Å²) in [6.07, 6.45) is 11.1. The van der Waals surface area contributed by atoms with Crippen molar-refractivity contribution in [1.82, 2.24) is 5.32 Å². The van der Waals surface area contributed by atoms with Crippen LogP contribution in [0.1, 0.15) is 88.2 Å². The van der Waals surface area contributed by atoms with E-state index in [4.69, 9.17) is 56.8 Å². The van der Waals surface area contributed by atoms with Crippen LogP contribution in [0.5, 0.6) is 0 Å². The predicted octanol–water partition coefficient (Wildman–Crippen LogP) is 7.16. The minimum Gasteiger partial charge on any atom is -0.463 e. The van der Waals surface area contributed by atoms with Gasteiger partial charge in [0.2, 0.25) is 0 Å². The third-order valence-corrected chi connectivity index (χ3v) is 10.2. The van der Waals surface area contributed by atoms with Gasteiger partial charge in [0, 0.05) is 18.9 Å². The van der Waals surface area contributed by atoms with Crippen LogP contribution in [0.3, 0.4) is 0 Å². The lowest BCUT2D eigenvalue weighted by atomic mass is 9.98. The third-order valence-electron chi connectivity index (χ3n) is 10.2.